The Morgan fingerprint density at radius 1 is 1.18 bits per heavy atom. The van der Waals surface area contributed by atoms with Crippen LogP contribution < -0.4 is 15.4 Å². The minimum absolute atomic E-state index is 0.266. The van der Waals surface area contributed by atoms with E-state index in [0.717, 1.165) is 42.8 Å². The number of benzene rings is 2. The summed E-state index contributed by atoms with van der Waals surface area (Å²) in [5.41, 5.74) is 2.96. The predicted molar refractivity (Wildman–Crippen MR) is 108 cm³/mol. The minimum atomic E-state index is -0.266. The van der Waals surface area contributed by atoms with Gasteiger partial charge in [0.05, 0.1) is 19.3 Å². The van der Waals surface area contributed by atoms with Crippen molar-refractivity contribution in [2.45, 2.75) is 18.9 Å². The largest absolute Gasteiger partial charge is 0.496 e. The molecule has 1 aromatic heterocycles. The van der Waals surface area contributed by atoms with Crippen molar-refractivity contribution in [2.24, 2.45) is 0 Å². The molecule has 144 valence electrons. The fourth-order valence-corrected chi connectivity index (χ4v) is 3.47. The highest BCUT2D eigenvalue weighted by Gasteiger charge is 2.19. The van der Waals surface area contributed by atoms with E-state index in [1.54, 1.807) is 18.0 Å². The van der Waals surface area contributed by atoms with Crippen LogP contribution in [-0.2, 0) is 0 Å². The second-order valence-corrected chi connectivity index (χ2v) is 6.80. The highest BCUT2D eigenvalue weighted by atomic mass is 16.5. The van der Waals surface area contributed by atoms with Gasteiger partial charge in [-0.05, 0) is 49.7 Å². The SMILES string of the molecule is COc1ccccc1-c1cccc(NC(=O)c2cn(C3CCNCC3)nn2)c1. The van der Waals surface area contributed by atoms with Gasteiger partial charge in [-0.2, -0.15) is 0 Å². The monoisotopic (exact) mass is 377 g/mol. The zero-order valence-corrected chi connectivity index (χ0v) is 15.8. The van der Waals surface area contributed by atoms with Gasteiger partial charge in [-0.1, -0.05) is 35.5 Å². The molecule has 7 heteroatoms. The number of anilines is 1. The molecule has 7 nitrogen and oxygen atoms in total. The van der Waals surface area contributed by atoms with Crippen molar-refractivity contribution in [3.8, 4) is 16.9 Å². The number of ether oxygens (including phenoxy) is 1. The van der Waals surface area contributed by atoms with Gasteiger partial charge in [0.1, 0.15) is 5.75 Å². The van der Waals surface area contributed by atoms with Gasteiger partial charge in [0.25, 0.3) is 5.91 Å². The molecule has 1 aliphatic heterocycles. The molecule has 2 aromatic carbocycles. The molecule has 1 aliphatic rings. The van der Waals surface area contributed by atoms with Gasteiger partial charge >= 0.3 is 0 Å². The number of para-hydroxylation sites is 1. The Morgan fingerprint density at radius 2 is 2.00 bits per heavy atom. The Labute approximate surface area is 163 Å². The summed E-state index contributed by atoms with van der Waals surface area (Å²) in [6, 6.07) is 15.8. The number of nitrogens with zero attached hydrogens (tertiary/aromatic N) is 3. The van der Waals surface area contributed by atoms with Crippen molar-refractivity contribution in [1.29, 1.82) is 0 Å². The summed E-state index contributed by atoms with van der Waals surface area (Å²) in [5.74, 6) is 0.522. The van der Waals surface area contributed by atoms with Crippen LogP contribution in [0.15, 0.2) is 54.7 Å². The number of carbonyl (C=O) groups excluding carboxylic acids is 1. The first-order valence-electron chi connectivity index (χ1n) is 9.42. The number of piperidine rings is 1. The van der Waals surface area contributed by atoms with Gasteiger partial charge in [-0.25, -0.2) is 4.68 Å². The standard InChI is InChI=1S/C21H23N5O2/c1-28-20-8-3-2-7-18(20)15-5-4-6-16(13-15)23-21(27)19-14-26(25-24-19)17-9-11-22-12-10-17/h2-8,13-14,17,22H,9-12H2,1H3,(H,23,27). The lowest BCUT2D eigenvalue weighted by molar-refractivity contribution is 0.102. The molecule has 1 saturated heterocycles. The molecule has 0 saturated carbocycles. The van der Waals surface area contributed by atoms with E-state index in [4.69, 9.17) is 4.74 Å². The molecule has 0 radical (unpaired) electrons. The van der Waals surface area contributed by atoms with E-state index in [0.29, 0.717) is 17.4 Å². The molecule has 0 unspecified atom stereocenters. The Morgan fingerprint density at radius 3 is 2.82 bits per heavy atom. The summed E-state index contributed by atoms with van der Waals surface area (Å²) in [5, 5.41) is 14.4. The Hall–Kier alpha value is -3.19. The van der Waals surface area contributed by atoms with E-state index in [-0.39, 0.29) is 5.91 Å². The van der Waals surface area contributed by atoms with E-state index < -0.39 is 0 Å². The van der Waals surface area contributed by atoms with Crippen LogP contribution in [0, 0.1) is 0 Å². The maximum Gasteiger partial charge on any atom is 0.277 e. The van der Waals surface area contributed by atoms with Crippen molar-refractivity contribution in [1.82, 2.24) is 20.3 Å². The van der Waals surface area contributed by atoms with E-state index in [1.165, 1.54) is 0 Å². The van der Waals surface area contributed by atoms with Gasteiger partial charge in [-0.15, -0.1) is 5.10 Å². The van der Waals surface area contributed by atoms with Gasteiger partial charge in [0, 0.05) is 11.3 Å². The predicted octanol–water partition coefficient (Wildman–Crippen LogP) is 3.13. The number of amides is 1. The summed E-state index contributed by atoms with van der Waals surface area (Å²) in [6.45, 7) is 1.92. The molecule has 0 aliphatic carbocycles. The number of aromatic nitrogens is 3. The molecular formula is C21H23N5O2. The maximum atomic E-state index is 12.6. The molecule has 4 rings (SSSR count). The lowest BCUT2D eigenvalue weighted by Crippen LogP contribution is -2.29. The average molecular weight is 377 g/mol. The molecule has 1 fully saturated rings. The first-order valence-corrected chi connectivity index (χ1v) is 9.42. The minimum Gasteiger partial charge on any atom is -0.496 e. The second kappa shape index (κ2) is 8.22. The van der Waals surface area contributed by atoms with Crippen LogP contribution in [0.3, 0.4) is 0 Å². The smallest absolute Gasteiger partial charge is 0.277 e. The van der Waals surface area contributed by atoms with Gasteiger partial charge in [0.2, 0.25) is 0 Å². The van der Waals surface area contributed by atoms with Crippen LogP contribution in [0.1, 0.15) is 29.4 Å². The quantitative estimate of drug-likeness (QED) is 0.714. The zero-order valence-electron chi connectivity index (χ0n) is 15.8. The van der Waals surface area contributed by atoms with E-state index in [9.17, 15) is 4.79 Å². The molecule has 0 atom stereocenters. The number of carbonyl (C=O) groups is 1. The Balaban J connectivity index is 1.50. The third-order valence-electron chi connectivity index (χ3n) is 4.96. The number of hydrogen-bond acceptors (Lipinski definition) is 5. The van der Waals surface area contributed by atoms with E-state index in [2.05, 4.69) is 20.9 Å². The zero-order chi connectivity index (χ0) is 19.3. The molecule has 0 bridgehead atoms. The van der Waals surface area contributed by atoms with Crippen molar-refractivity contribution >= 4 is 11.6 Å². The summed E-state index contributed by atoms with van der Waals surface area (Å²) < 4.78 is 7.24. The normalized spacial score (nSPS) is 14.6. The van der Waals surface area contributed by atoms with Crippen LogP contribution >= 0.6 is 0 Å². The molecular weight excluding hydrogens is 354 g/mol. The summed E-state index contributed by atoms with van der Waals surface area (Å²) in [6.07, 6.45) is 3.71. The van der Waals surface area contributed by atoms with Crippen LogP contribution in [0.2, 0.25) is 0 Å². The van der Waals surface area contributed by atoms with E-state index in [1.807, 2.05) is 48.5 Å². The van der Waals surface area contributed by atoms with Crippen LogP contribution in [0.5, 0.6) is 5.75 Å². The number of rotatable bonds is 5. The first-order chi connectivity index (χ1) is 13.7. The fourth-order valence-electron chi connectivity index (χ4n) is 3.47. The lowest BCUT2D eigenvalue weighted by Gasteiger charge is -2.22. The molecule has 2 N–H and O–H groups in total. The maximum absolute atomic E-state index is 12.6. The summed E-state index contributed by atoms with van der Waals surface area (Å²) in [4.78, 5) is 12.6. The highest BCUT2D eigenvalue weighted by molar-refractivity contribution is 6.02. The van der Waals surface area contributed by atoms with Crippen LogP contribution in [0.4, 0.5) is 5.69 Å². The van der Waals surface area contributed by atoms with Gasteiger partial charge in [-0.3, -0.25) is 4.79 Å². The third-order valence-corrected chi connectivity index (χ3v) is 4.96. The molecule has 2 heterocycles. The van der Waals surface area contributed by atoms with Crippen molar-refractivity contribution in [3.05, 3.63) is 60.4 Å². The molecule has 3 aromatic rings. The highest BCUT2D eigenvalue weighted by Crippen LogP contribution is 2.31. The van der Waals surface area contributed by atoms with Gasteiger partial charge in [0.15, 0.2) is 5.69 Å². The first kappa shape index (κ1) is 18.2. The second-order valence-electron chi connectivity index (χ2n) is 6.80. The van der Waals surface area contributed by atoms with Gasteiger partial charge < -0.3 is 15.4 Å². The Bertz CT molecular complexity index is 963. The van der Waals surface area contributed by atoms with Crippen molar-refractivity contribution < 1.29 is 9.53 Å². The molecule has 1 amide bonds. The molecule has 28 heavy (non-hydrogen) atoms. The third kappa shape index (κ3) is 3.89. The number of hydrogen-bond donors (Lipinski definition) is 2. The lowest BCUT2D eigenvalue weighted by atomic mass is 10.0. The topological polar surface area (TPSA) is 81.1 Å². The van der Waals surface area contributed by atoms with Crippen LogP contribution in [-0.4, -0.2) is 41.1 Å². The number of methoxy groups -OCH3 is 1. The fraction of sp³-hybridized carbons (Fsp3) is 0.286. The Kier molecular flexibility index (Phi) is 5.34. The molecule has 0 spiro atoms. The summed E-state index contributed by atoms with van der Waals surface area (Å²) in [7, 11) is 1.65. The average Bonchev–Trinajstić information content (AvgIpc) is 3.25. The summed E-state index contributed by atoms with van der Waals surface area (Å²) >= 11 is 0. The van der Waals surface area contributed by atoms with Crippen molar-refractivity contribution in [2.75, 3.05) is 25.5 Å². The van der Waals surface area contributed by atoms with Crippen LogP contribution in [0.25, 0.3) is 11.1 Å². The number of nitrogens with one attached hydrogen (secondary N) is 2. The van der Waals surface area contributed by atoms with E-state index >= 15 is 0 Å². The van der Waals surface area contributed by atoms with Crippen molar-refractivity contribution in [3.63, 3.8) is 0 Å².